The molecule has 0 bridgehead atoms. The Labute approximate surface area is 108 Å². The zero-order valence-corrected chi connectivity index (χ0v) is 11.0. The molecule has 4 heteroatoms. The van der Waals surface area contributed by atoms with Gasteiger partial charge in [0.05, 0.1) is 25.6 Å². The summed E-state index contributed by atoms with van der Waals surface area (Å²) in [4.78, 5) is 4.16. The second kappa shape index (κ2) is 6.05. The number of aromatic nitrogens is 1. The Morgan fingerprint density at radius 3 is 2.67 bits per heavy atom. The summed E-state index contributed by atoms with van der Waals surface area (Å²) in [6.45, 7) is 1.08. The summed E-state index contributed by atoms with van der Waals surface area (Å²) in [5.41, 5.74) is 1.03. The molecule has 0 amide bonds. The molecule has 1 aliphatic rings. The van der Waals surface area contributed by atoms with Gasteiger partial charge in [-0.15, -0.1) is 0 Å². The number of ether oxygens (including phenoxy) is 1. The van der Waals surface area contributed by atoms with E-state index in [0.29, 0.717) is 5.88 Å². The number of aliphatic hydroxyl groups excluding tert-OH is 1. The Kier molecular flexibility index (Phi) is 4.42. The van der Waals surface area contributed by atoms with E-state index in [1.165, 1.54) is 19.3 Å². The van der Waals surface area contributed by atoms with E-state index in [0.717, 1.165) is 25.1 Å². The summed E-state index contributed by atoms with van der Waals surface area (Å²) in [6, 6.07) is 3.80. The van der Waals surface area contributed by atoms with Gasteiger partial charge in [0.15, 0.2) is 0 Å². The third-order valence-electron chi connectivity index (χ3n) is 3.86. The molecule has 1 aromatic heterocycles. The van der Waals surface area contributed by atoms with Crippen LogP contribution in [0.3, 0.4) is 0 Å². The van der Waals surface area contributed by atoms with Crippen molar-refractivity contribution in [2.45, 2.75) is 32.1 Å². The molecule has 2 rings (SSSR count). The van der Waals surface area contributed by atoms with Crippen molar-refractivity contribution in [1.82, 2.24) is 4.98 Å². The van der Waals surface area contributed by atoms with Crippen LogP contribution in [0.2, 0.25) is 0 Å². The summed E-state index contributed by atoms with van der Waals surface area (Å²) in [5, 5.41) is 13.0. The molecule has 0 atom stereocenters. The van der Waals surface area contributed by atoms with E-state index in [4.69, 9.17) is 4.74 Å². The van der Waals surface area contributed by atoms with Gasteiger partial charge in [-0.1, -0.05) is 19.3 Å². The van der Waals surface area contributed by atoms with Crippen LogP contribution in [-0.2, 0) is 0 Å². The third kappa shape index (κ3) is 3.13. The number of pyridine rings is 1. The second-order valence-corrected chi connectivity index (χ2v) is 5.16. The van der Waals surface area contributed by atoms with Gasteiger partial charge in [0.2, 0.25) is 5.88 Å². The Balaban J connectivity index is 1.92. The fraction of sp³-hybridized carbons (Fsp3) is 0.643. The van der Waals surface area contributed by atoms with Crippen molar-refractivity contribution in [2.75, 3.05) is 25.6 Å². The van der Waals surface area contributed by atoms with Crippen molar-refractivity contribution in [3.8, 4) is 5.88 Å². The summed E-state index contributed by atoms with van der Waals surface area (Å²) in [6.07, 6.45) is 7.74. The van der Waals surface area contributed by atoms with Gasteiger partial charge in [-0.3, -0.25) is 0 Å². The van der Waals surface area contributed by atoms with Gasteiger partial charge in [-0.05, 0) is 18.9 Å². The molecule has 100 valence electrons. The van der Waals surface area contributed by atoms with Crippen molar-refractivity contribution < 1.29 is 9.84 Å². The van der Waals surface area contributed by atoms with Crippen LogP contribution in [0.4, 0.5) is 5.69 Å². The minimum absolute atomic E-state index is 0.0537. The monoisotopic (exact) mass is 250 g/mol. The molecule has 18 heavy (non-hydrogen) atoms. The zero-order valence-electron chi connectivity index (χ0n) is 11.0. The predicted molar refractivity (Wildman–Crippen MR) is 71.9 cm³/mol. The van der Waals surface area contributed by atoms with Crippen molar-refractivity contribution in [3.63, 3.8) is 0 Å². The fourth-order valence-corrected chi connectivity index (χ4v) is 2.59. The summed E-state index contributed by atoms with van der Waals surface area (Å²) in [7, 11) is 1.61. The predicted octanol–water partition coefficient (Wildman–Crippen LogP) is 2.44. The number of nitrogens with one attached hydrogen (secondary N) is 1. The van der Waals surface area contributed by atoms with Crippen LogP contribution in [0.25, 0.3) is 0 Å². The number of anilines is 1. The standard InChI is InChI=1S/C14H22N2O2/c1-18-13-6-5-12(9-15-13)16-10-14(11-17)7-3-2-4-8-14/h5-6,9,16-17H,2-4,7-8,10-11H2,1H3. The van der Waals surface area contributed by atoms with Crippen molar-refractivity contribution in [1.29, 1.82) is 0 Å². The van der Waals surface area contributed by atoms with Gasteiger partial charge in [0, 0.05) is 18.0 Å². The van der Waals surface area contributed by atoms with Crippen LogP contribution < -0.4 is 10.1 Å². The van der Waals surface area contributed by atoms with Crippen molar-refractivity contribution in [3.05, 3.63) is 18.3 Å². The van der Waals surface area contributed by atoms with E-state index in [9.17, 15) is 5.11 Å². The van der Waals surface area contributed by atoms with E-state index in [1.54, 1.807) is 13.3 Å². The topological polar surface area (TPSA) is 54.4 Å². The number of aliphatic hydroxyl groups is 1. The Morgan fingerprint density at radius 1 is 1.33 bits per heavy atom. The fourth-order valence-electron chi connectivity index (χ4n) is 2.59. The molecule has 0 radical (unpaired) electrons. The second-order valence-electron chi connectivity index (χ2n) is 5.16. The number of nitrogens with zero attached hydrogens (tertiary/aromatic N) is 1. The largest absolute Gasteiger partial charge is 0.481 e. The lowest BCUT2D eigenvalue weighted by Crippen LogP contribution is -2.35. The quantitative estimate of drug-likeness (QED) is 0.842. The Bertz CT molecular complexity index is 359. The van der Waals surface area contributed by atoms with Gasteiger partial charge in [0.25, 0.3) is 0 Å². The number of hydrogen-bond donors (Lipinski definition) is 2. The molecular formula is C14H22N2O2. The Morgan fingerprint density at radius 2 is 2.11 bits per heavy atom. The van der Waals surface area contributed by atoms with Crippen LogP contribution in [0, 0.1) is 5.41 Å². The molecular weight excluding hydrogens is 228 g/mol. The van der Waals surface area contributed by atoms with E-state index < -0.39 is 0 Å². The average Bonchev–Trinajstić information content (AvgIpc) is 2.47. The number of rotatable bonds is 5. The van der Waals surface area contributed by atoms with Gasteiger partial charge in [-0.2, -0.15) is 0 Å². The first-order valence-corrected chi connectivity index (χ1v) is 6.63. The maximum atomic E-state index is 9.63. The highest BCUT2D eigenvalue weighted by Gasteiger charge is 2.31. The molecule has 1 aromatic rings. The molecule has 0 aromatic carbocycles. The van der Waals surface area contributed by atoms with Crippen molar-refractivity contribution >= 4 is 5.69 Å². The smallest absolute Gasteiger partial charge is 0.213 e. The van der Waals surface area contributed by atoms with Crippen LogP contribution in [-0.4, -0.2) is 30.4 Å². The number of hydrogen-bond acceptors (Lipinski definition) is 4. The van der Waals surface area contributed by atoms with Gasteiger partial charge >= 0.3 is 0 Å². The highest BCUT2D eigenvalue weighted by Crippen LogP contribution is 2.35. The van der Waals surface area contributed by atoms with E-state index in [2.05, 4.69) is 10.3 Å². The first-order chi connectivity index (χ1) is 8.78. The first-order valence-electron chi connectivity index (χ1n) is 6.63. The van der Waals surface area contributed by atoms with Crippen molar-refractivity contribution in [2.24, 2.45) is 5.41 Å². The molecule has 1 saturated carbocycles. The number of methoxy groups -OCH3 is 1. The molecule has 0 unspecified atom stereocenters. The van der Waals surface area contributed by atoms with E-state index in [1.807, 2.05) is 12.1 Å². The molecule has 0 spiro atoms. The molecule has 4 nitrogen and oxygen atoms in total. The minimum Gasteiger partial charge on any atom is -0.481 e. The maximum Gasteiger partial charge on any atom is 0.213 e. The SMILES string of the molecule is COc1ccc(NCC2(CO)CCCCC2)cn1. The van der Waals surface area contributed by atoms with Crippen LogP contribution in [0.5, 0.6) is 5.88 Å². The summed E-state index contributed by atoms with van der Waals surface area (Å²) in [5.74, 6) is 0.620. The highest BCUT2D eigenvalue weighted by molar-refractivity contribution is 5.42. The van der Waals surface area contributed by atoms with Gasteiger partial charge in [-0.25, -0.2) is 4.98 Å². The van der Waals surface area contributed by atoms with Gasteiger partial charge < -0.3 is 15.2 Å². The van der Waals surface area contributed by atoms with Crippen LogP contribution >= 0.6 is 0 Å². The molecule has 1 fully saturated rings. The Hall–Kier alpha value is -1.29. The highest BCUT2D eigenvalue weighted by atomic mass is 16.5. The van der Waals surface area contributed by atoms with E-state index in [-0.39, 0.29) is 12.0 Å². The summed E-state index contributed by atoms with van der Waals surface area (Å²) < 4.78 is 5.03. The van der Waals surface area contributed by atoms with Crippen LogP contribution in [0.1, 0.15) is 32.1 Å². The molecule has 2 N–H and O–H groups in total. The zero-order chi connectivity index (χ0) is 12.8. The minimum atomic E-state index is 0.0537. The normalized spacial score (nSPS) is 18.3. The van der Waals surface area contributed by atoms with Crippen LogP contribution in [0.15, 0.2) is 18.3 Å². The maximum absolute atomic E-state index is 9.63. The lowest BCUT2D eigenvalue weighted by molar-refractivity contribution is 0.0944. The van der Waals surface area contributed by atoms with E-state index >= 15 is 0 Å². The average molecular weight is 250 g/mol. The molecule has 0 aliphatic heterocycles. The van der Waals surface area contributed by atoms with Gasteiger partial charge in [0.1, 0.15) is 0 Å². The lowest BCUT2D eigenvalue weighted by atomic mass is 9.74. The third-order valence-corrected chi connectivity index (χ3v) is 3.86. The molecule has 1 heterocycles. The molecule has 1 aliphatic carbocycles. The molecule has 0 saturated heterocycles. The summed E-state index contributed by atoms with van der Waals surface area (Å²) >= 11 is 0. The first kappa shape index (κ1) is 13.1. The lowest BCUT2D eigenvalue weighted by Gasteiger charge is -2.36.